The highest BCUT2D eigenvalue weighted by atomic mass is 16.5. The number of carbonyl (C=O) groups excluding carboxylic acids is 1. The highest BCUT2D eigenvalue weighted by molar-refractivity contribution is 5.95. The van der Waals surface area contributed by atoms with Gasteiger partial charge in [0.05, 0.1) is 0 Å². The molecule has 0 atom stereocenters. The molecule has 4 rings (SSSR count). The minimum atomic E-state index is 0.0821. The van der Waals surface area contributed by atoms with Crippen LogP contribution in [0.4, 0.5) is 0 Å². The van der Waals surface area contributed by atoms with Crippen LogP contribution in [0.1, 0.15) is 47.5 Å². The van der Waals surface area contributed by atoms with E-state index in [2.05, 4.69) is 10.5 Å². The fourth-order valence-electron chi connectivity index (χ4n) is 3.35. The van der Waals surface area contributed by atoms with Crippen molar-refractivity contribution in [3.63, 3.8) is 0 Å². The van der Waals surface area contributed by atoms with E-state index < -0.39 is 0 Å². The molecule has 1 spiro atoms. The summed E-state index contributed by atoms with van der Waals surface area (Å²) >= 11 is 0. The van der Waals surface area contributed by atoms with E-state index in [0.717, 1.165) is 56.5 Å². The van der Waals surface area contributed by atoms with Gasteiger partial charge in [0.2, 0.25) is 0 Å². The van der Waals surface area contributed by atoms with E-state index in [9.17, 15) is 4.79 Å². The van der Waals surface area contributed by atoms with E-state index >= 15 is 0 Å². The number of hydrogen-bond donors (Lipinski definition) is 1. The highest BCUT2D eigenvalue weighted by Gasteiger charge is 2.53. The van der Waals surface area contributed by atoms with E-state index in [1.54, 1.807) is 0 Å². The van der Waals surface area contributed by atoms with Crippen molar-refractivity contribution in [1.29, 1.82) is 0 Å². The van der Waals surface area contributed by atoms with Gasteiger partial charge in [-0.15, -0.1) is 0 Å². The van der Waals surface area contributed by atoms with Gasteiger partial charge in [-0.05, 0) is 25.7 Å². The molecule has 0 radical (unpaired) electrons. The van der Waals surface area contributed by atoms with Crippen LogP contribution in [-0.2, 0) is 13.0 Å². The average molecular weight is 247 g/mol. The third-order valence-corrected chi connectivity index (χ3v) is 4.57. The number of carbonyl (C=O) groups is 1. The first-order valence-corrected chi connectivity index (χ1v) is 6.80. The third kappa shape index (κ3) is 1.37. The fourth-order valence-corrected chi connectivity index (χ4v) is 3.35. The van der Waals surface area contributed by atoms with Crippen molar-refractivity contribution in [1.82, 2.24) is 15.4 Å². The van der Waals surface area contributed by atoms with Crippen LogP contribution in [0.2, 0.25) is 0 Å². The van der Waals surface area contributed by atoms with Gasteiger partial charge in [0, 0.05) is 37.2 Å². The molecule has 5 heteroatoms. The zero-order valence-electron chi connectivity index (χ0n) is 10.4. The lowest BCUT2D eigenvalue weighted by atomic mass is 10.1. The van der Waals surface area contributed by atoms with Gasteiger partial charge in [0.25, 0.3) is 5.91 Å². The molecule has 3 heterocycles. The quantitative estimate of drug-likeness (QED) is 0.807. The zero-order chi connectivity index (χ0) is 12.2. The summed E-state index contributed by atoms with van der Waals surface area (Å²) in [7, 11) is 0. The number of nitrogens with zero attached hydrogens (tertiary/aromatic N) is 2. The van der Waals surface area contributed by atoms with Gasteiger partial charge in [-0.2, -0.15) is 0 Å². The van der Waals surface area contributed by atoms with E-state index in [0.29, 0.717) is 12.2 Å². The molecule has 0 unspecified atom stereocenters. The third-order valence-electron chi connectivity index (χ3n) is 4.57. The molecular weight excluding hydrogens is 230 g/mol. The Morgan fingerprint density at radius 1 is 1.39 bits per heavy atom. The summed E-state index contributed by atoms with van der Waals surface area (Å²) < 4.78 is 5.32. The first-order chi connectivity index (χ1) is 8.80. The van der Waals surface area contributed by atoms with Gasteiger partial charge >= 0.3 is 0 Å². The molecule has 0 bridgehead atoms. The fraction of sp³-hybridized carbons (Fsp3) is 0.692. The number of likely N-dealkylation sites (tertiary alicyclic amines) is 1. The summed E-state index contributed by atoms with van der Waals surface area (Å²) in [6.07, 6.45) is 5.45. The predicted octanol–water partition coefficient (Wildman–Crippen LogP) is 1.09. The normalized spacial score (nSPS) is 24.3. The van der Waals surface area contributed by atoms with Crippen LogP contribution in [0.3, 0.4) is 0 Å². The Bertz CT molecular complexity index is 504. The number of amides is 1. The van der Waals surface area contributed by atoms with Crippen LogP contribution in [0.5, 0.6) is 0 Å². The molecule has 1 saturated heterocycles. The van der Waals surface area contributed by atoms with Crippen LogP contribution in [0, 0.1) is 0 Å². The lowest BCUT2D eigenvalue weighted by Gasteiger charge is -2.23. The molecule has 96 valence electrons. The molecule has 1 N–H and O–H groups in total. The van der Waals surface area contributed by atoms with Crippen LogP contribution >= 0.6 is 0 Å². The summed E-state index contributed by atoms with van der Waals surface area (Å²) in [5.41, 5.74) is 1.71. The summed E-state index contributed by atoms with van der Waals surface area (Å²) in [4.78, 5) is 14.7. The first kappa shape index (κ1) is 10.6. The Labute approximate surface area is 105 Å². The highest BCUT2D eigenvalue weighted by Crippen LogP contribution is 2.50. The number of fused-ring (bicyclic) bond motifs is 1. The summed E-state index contributed by atoms with van der Waals surface area (Å²) in [5, 5.41) is 7.31. The van der Waals surface area contributed by atoms with Crippen molar-refractivity contribution < 1.29 is 9.32 Å². The van der Waals surface area contributed by atoms with E-state index in [-0.39, 0.29) is 11.4 Å². The summed E-state index contributed by atoms with van der Waals surface area (Å²) in [5.74, 6) is 0.972. The Balaban J connectivity index is 1.67. The Kier molecular flexibility index (Phi) is 2.09. The van der Waals surface area contributed by atoms with Crippen LogP contribution in [0.25, 0.3) is 0 Å². The molecule has 1 aromatic rings. The van der Waals surface area contributed by atoms with Gasteiger partial charge in [-0.25, -0.2) is 0 Å². The molecule has 1 aromatic heterocycles. The SMILES string of the molecule is O=C(c1noc2c1CNCC2)N1CCCC12CC2. The van der Waals surface area contributed by atoms with E-state index in [1.807, 2.05) is 4.90 Å². The van der Waals surface area contributed by atoms with Crippen molar-refractivity contribution in [3.05, 3.63) is 17.0 Å². The topological polar surface area (TPSA) is 58.4 Å². The van der Waals surface area contributed by atoms with Gasteiger partial charge in [0.1, 0.15) is 5.76 Å². The molecular formula is C13H17N3O2. The van der Waals surface area contributed by atoms with Crippen molar-refractivity contribution >= 4 is 5.91 Å². The maximum absolute atomic E-state index is 12.6. The monoisotopic (exact) mass is 247 g/mol. The Morgan fingerprint density at radius 3 is 3.11 bits per heavy atom. The van der Waals surface area contributed by atoms with E-state index in [1.165, 1.54) is 0 Å². The maximum atomic E-state index is 12.6. The molecule has 2 aliphatic heterocycles. The van der Waals surface area contributed by atoms with Gasteiger partial charge in [-0.3, -0.25) is 4.79 Å². The average Bonchev–Trinajstić information content (AvgIpc) is 2.87. The zero-order valence-corrected chi connectivity index (χ0v) is 10.4. The molecule has 1 aliphatic carbocycles. The number of aromatic nitrogens is 1. The molecule has 18 heavy (non-hydrogen) atoms. The van der Waals surface area contributed by atoms with Crippen LogP contribution in [-0.4, -0.2) is 34.6 Å². The molecule has 2 fully saturated rings. The summed E-state index contributed by atoms with van der Waals surface area (Å²) in [6.45, 7) is 2.50. The molecule has 3 aliphatic rings. The van der Waals surface area contributed by atoms with Crippen molar-refractivity contribution in [2.24, 2.45) is 0 Å². The maximum Gasteiger partial charge on any atom is 0.276 e. The lowest BCUT2D eigenvalue weighted by Crippen LogP contribution is -2.38. The number of rotatable bonds is 1. The second-order valence-electron chi connectivity index (χ2n) is 5.64. The largest absolute Gasteiger partial charge is 0.360 e. The minimum absolute atomic E-state index is 0.0821. The lowest BCUT2D eigenvalue weighted by molar-refractivity contribution is 0.0706. The second-order valence-corrected chi connectivity index (χ2v) is 5.64. The molecule has 1 saturated carbocycles. The molecule has 5 nitrogen and oxygen atoms in total. The summed E-state index contributed by atoms with van der Waals surface area (Å²) in [6, 6.07) is 0. The van der Waals surface area contributed by atoms with Crippen molar-refractivity contribution in [2.75, 3.05) is 13.1 Å². The first-order valence-electron chi connectivity index (χ1n) is 6.80. The molecule has 0 aromatic carbocycles. The second kappa shape index (κ2) is 3.57. The van der Waals surface area contributed by atoms with Crippen molar-refractivity contribution in [3.8, 4) is 0 Å². The minimum Gasteiger partial charge on any atom is -0.360 e. The number of hydrogen-bond acceptors (Lipinski definition) is 4. The predicted molar refractivity (Wildman–Crippen MR) is 64.1 cm³/mol. The van der Waals surface area contributed by atoms with Gasteiger partial charge in [0.15, 0.2) is 5.69 Å². The number of nitrogens with one attached hydrogen (secondary N) is 1. The van der Waals surface area contributed by atoms with E-state index in [4.69, 9.17) is 4.52 Å². The Morgan fingerprint density at radius 2 is 2.28 bits per heavy atom. The Hall–Kier alpha value is -1.36. The van der Waals surface area contributed by atoms with Gasteiger partial charge in [-0.1, -0.05) is 5.16 Å². The van der Waals surface area contributed by atoms with Crippen LogP contribution < -0.4 is 5.32 Å². The smallest absolute Gasteiger partial charge is 0.276 e. The van der Waals surface area contributed by atoms with Gasteiger partial charge < -0.3 is 14.7 Å². The molecule has 1 amide bonds. The van der Waals surface area contributed by atoms with Crippen LogP contribution in [0.15, 0.2) is 4.52 Å². The standard InChI is InChI=1S/C13H17N3O2/c17-12(16-7-1-3-13(16)4-5-13)11-9-8-14-6-2-10(9)18-15-11/h14H,1-8H2. The van der Waals surface area contributed by atoms with Crippen molar-refractivity contribution in [2.45, 2.75) is 44.2 Å².